The van der Waals surface area contributed by atoms with Gasteiger partial charge in [0.15, 0.2) is 5.84 Å². The molecule has 7 heteroatoms. The van der Waals surface area contributed by atoms with Crippen LogP contribution in [-0.2, 0) is 6.61 Å². The van der Waals surface area contributed by atoms with E-state index < -0.39 is 5.82 Å². The monoisotopic (exact) mass is 381 g/mol. The van der Waals surface area contributed by atoms with E-state index in [2.05, 4.69) is 26.7 Å². The molecule has 0 amide bonds. The van der Waals surface area contributed by atoms with Crippen LogP contribution in [0.5, 0.6) is 5.75 Å². The van der Waals surface area contributed by atoms with Crippen molar-refractivity contribution in [2.75, 3.05) is 0 Å². The van der Waals surface area contributed by atoms with Gasteiger partial charge in [-0.1, -0.05) is 32.6 Å². The van der Waals surface area contributed by atoms with Crippen molar-refractivity contribution in [1.82, 2.24) is 4.98 Å². The number of hydrogen-bond donors (Lipinski definition) is 1. The molecule has 1 aromatic heterocycles. The molecular formula is C21H24FN5O. The molecule has 0 saturated carbocycles. The Morgan fingerprint density at radius 1 is 1.29 bits per heavy atom. The topological polar surface area (TPSA) is 83.0 Å². The Labute approximate surface area is 164 Å². The molecule has 1 N–H and O–H groups in total. The molecule has 2 rings (SSSR count). The van der Waals surface area contributed by atoms with Gasteiger partial charge in [0.25, 0.3) is 0 Å². The fraction of sp³-hybridized carbons (Fsp3) is 0.190. The van der Waals surface area contributed by atoms with Crippen molar-refractivity contribution in [3.05, 3.63) is 79.0 Å². The summed E-state index contributed by atoms with van der Waals surface area (Å²) in [6, 6.07) is 9.49. The number of hydrogen-bond acceptors (Lipinski definition) is 5. The maximum absolute atomic E-state index is 13.9. The van der Waals surface area contributed by atoms with Crippen molar-refractivity contribution < 1.29 is 9.13 Å². The smallest absolute Gasteiger partial charge is 0.200 e. The summed E-state index contributed by atoms with van der Waals surface area (Å²) in [4.78, 5) is 12.4. The predicted octanol–water partition coefficient (Wildman–Crippen LogP) is 6.05. The van der Waals surface area contributed by atoms with Crippen LogP contribution in [0, 0.1) is 11.3 Å². The van der Waals surface area contributed by atoms with Gasteiger partial charge in [-0.25, -0.2) is 14.9 Å². The number of ether oxygens (including phenoxy) is 1. The average Bonchev–Trinajstić information content (AvgIpc) is 2.72. The van der Waals surface area contributed by atoms with Gasteiger partial charge in [0.2, 0.25) is 0 Å². The van der Waals surface area contributed by atoms with Gasteiger partial charge in [-0.3, -0.25) is 9.98 Å². The number of aliphatic imine (C=N–C) groups is 2. The number of nitrogens with one attached hydrogen (secondary N) is 1. The van der Waals surface area contributed by atoms with E-state index in [-0.39, 0.29) is 18.1 Å². The van der Waals surface area contributed by atoms with Gasteiger partial charge >= 0.3 is 0 Å². The second-order valence-corrected chi connectivity index (χ2v) is 5.00. The van der Waals surface area contributed by atoms with E-state index in [0.29, 0.717) is 11.5 Å². The number of amidine groups is 1. The Balaban J connectivity index is 0.00000190. The summed E-state index contributed by atoms with van der Waals surface area (Å²) in [5, 5.41) is 3.37. The Hall–Kier alpha value is -3.48. The highest BCUT2D eigenvalue weighted by atomic mass is 19.1. The van der Waals surface area contributed by atoms with Gasteiger partial charge in [0, 0.05) is 24.5 Å². The summed E-state index contributed by atoms with van der Waals surface area (Å²) in [6.45, 7) is 9.52. The summed E-state index contributed by atoms with van der Waals surface area (Å²) in [5.74, 6) is -0.184. The maximum atomic E-state index is 13.9. The molecular weight excluding hydrogens is 357 g/mol. The first-order chi connectivity index (χ1) is 13.7. The average molecular weight is 381 g/mol. The van der Waals surface area contributed by atoms with Gasteiger partial charge < -0.3 is 4.74 Å². The van der Waals surface area contributed by atoms with Crippen molar-refractivity contribution in [2.24, 2.45) is 15.1 Å². The van der Waals surface area contributed by atoms with Crippen molar-refractivity contribution in [3.8, 4) is 5.75 Å². The van der Waals surface area contributed by atoms with E-state index in [0.717, 1.165) is 5.69 Å². The van der Waals surface area contributed by atoms with E-state index in [1.165, 1.54) is 18.3 Å². The van der Waals surface area contributed by atoms with Crippen LogP contribution in [0.3, 0.4) is 0 Å². The van der Waals surface area contributed by atoms with Gasteiger partial charge in [-0.15, -0.1) is 5.11 Å². The predicted molar refractivity (Wildman–Crippen MR) is 111 cm³/mol. The number of nitrogens with zero attached hydrogens (tertiary/aromatic N) is 4. The van der Waals surface area contributed by atoms with E-state index in [1.807, 2.05) is 26.0 Å². The first-order valence-electron chi connectivity index (χ1n) is 8.77. The van der Waals surface area contributed by atoms with Crippen molar-refractivity contribution in [3.63, 3.8) is 0 Å². The van der Waals surface area contributed by atoms with Gasteiger partial charge in [-0.2, -0.15) is 0 Å². The van der Waals surface area contributed by atoms with E-state index >= 15 is 0 Å². The highest BCUT2D eigenvalue weighted by Crippen LogP contribution is 2.24. The highest BCUT2D eigenvalue weighted by Gasteiger charge is 2.07. The molecule has 146 valence electrons. The second-order valence-electron chi connectivity index (χ2n) is 5.00. The maximum Gasteiger partial charge on any atom is 0.200 e. The zero-order chi connectivity index (χ0) is 20.8. The molecule has 0 unspecified atom stereocenters. The number of aromatic nitrogens is 1. The van der Waals surface area contributed by atoms with Crippen LogP contribution in [-0.4, -0.2) is 16.5 Å². The highest BCUT2D eigenvalue weighted by molar-refractivity contribution is 6.46. The Bertz CT molecular complexity index is 860. The number of allylic oxidation sites excluding steroid dienone is 1. The van der Waals surface area contributed by atoms with Gasteiger partial charge in [0.1, 0.15) is 23.9 Å². The standard InChI is InChI=1S/C19H18FN5O.C2H6/c1-3-7-18(22-4-2)19(25-21)24-16-10-14(20)11-17(12-16)26-13-15-8-5-6-9-23-15;1-2/h3-12,21H,2,13H2,1H3;1-2H3/b7-3-,22-18?,24-19?,25-21?;. The minimum atomic E-state index is -0.514. The molecule has 2 aromatic rings. The second kappa shape index (κ2) is 12.8. The van der Waals surface area contributed by atoms with Gasteiger partial charge in [0.05, 0.1) is 11.4 Å². The van der Waals surface area contributed by atoms with Crippen molar-refractivity contribution in [2.45, 2.75) is 27.4 Å². The minimum absolute atomic E-state index is 0.0317. The number of pyridine rings is 1. The molecule has 1 heterocycles. The van der Waals surface area contributed by atoms with Crippen LogP contribution >= 0.6 is 0 Å². The Kier molecular flexibility index (Phi) is 10.3. The zero-order valence-electron chi connectivity index (χ0n) is 16.3. The van der Waals surface area contributed by atoms with Crippen LogP contribution in [0.2, 0.25) is 0 Å². The summed E-state index contributed by atoms with van der Waals surface area (Å²) in [7, 11) is 0. The zero-order valence-corrected chi connectivity index (χ0v) is 16.3. The first-order valence-corrected chi connectivity index (χ1v) is 8.77. The molecule has 0 fully saturated rings. The van der Waals surface area contributed by atoms with E-state index in [4.69, 9.17) is 10.3 Å². The quantitative estimate of drug-likeness (QED) is 0.360. The normalized spacial score (nSPS) is 11.6. The summed E-state index contributed by atoms with van der Waals surface area (Å²) >= 11 is 0. The minimum Gasteiger partial charge on any atom is -0.487 e. The first kappa shape index (κ1) is 22.6. The molecule has 1 aromatic carbocycles. The molecule has 0 aliphatic rings. The van der Waals surface area contributed by atoms with Crippen LogP contribution in [0.1, 0.15) is 26.5 Å². The third-order valence-corrected chi connectivity index (χ3v) is 3.09. The Morgan fingerprint density at radius 2 is 2.07 bits per heavy atom. The number of benzene rings is 1. The molecule has 0 spiro atoms. The lowest BCUT2D eigenvalue weighted by Gasteiger charge is -2.07. The lowest BCUT2D eigenvalue weighted by molar-refractivity contribution is 0.300. The summed E-state index contributed by atoms with van der Waals surface area (Å²) in [5.41, 5.74) is 8.63. The van der Waals surface area contributed by atoms with Crippen LogP contribution in [0.4, 0.5) is 10.1 Å². The number of halogens is 1. The lowest BCUT2D eigenvalue weighted by atomic mass is 10.2. The number of rotatable bonds is 7. The Morgan fingerprint density at radius 3 is 2.68 bits per heavy atom. The molecule has 6 nitrogen and oxygen atoms in total. The largest absolute Gasteiger partial charge is 0.487 e. The SMILES string of the molecule is C=CN=C(/C=C\C)C(N=N)=Nc1cc(F)cc(OCc2ccccn2)c1.CC. The molecule has 28 heavy (non-hydrogen) atoms. The van der Waals surface area contributed by atoms with Crippen LogP contribution in [0.25, 0.3) is 0 Å². The van der Waals surface area contributed by atoms with Crippen molar-refractivity contribution >= 4 is 17.2 Å². The molecule has 0 atom stereocenters. The fourth-order valence-electron chi connectivity index (χ4n) is 2.03. The third-order valence-electron chi connectivity index (χ3n) is 3.09. The van der Waals surface area contributed by atoms with E-state index in [9.17, 15) is 4.39 Å². The molecule has 0 aliphatic carbocycles. The molecule has 0 bridgehead atoms. The van der Waals surface area contributed by atoms with Crippen LogP contribution < -0.4 is 4.74 Å². The van der Waals surface area contributed by atoms with Gasteiger partial charge in [-0.05, 0) is 31.2 Å². The third kappa shape index (κ3) is 7.41. The molecule has 0 saturated heterocycles. The lowest BCUT2D eigenvalue weighted by Crippen LogP contribution is -2.07. The van der Waals surface area contributed by atoms with Crippen LogP contribution in [0.15, 0.2) is 82.6 Å². The van der Waals surface area contributed by atoms with Crippen molar-refractivity contribution in [1.29, 1.82) is 5.53 Å². The van der Waals surface area contributed by atoms with E-state index in [1.54, 1.807) is 37.4 Å². The molecule has 0 aliphatic heterocycles. The summed E-state index contributed by atoms with van der Waals surface area (Å²) in [6.07, 6.45) is 6.35. The molecule has 0 radical (unpaired) electrons. The fourth-order valence-corrected chi connectivity index (χ4v) is 2.03. The summed E-state index contributed by atoms with van der Waals surface area (Å²) < 4.78 is 19.5.